The zero-order valence-corrected chi connectivity index (χ0v) is 16.0. The molecule has 4 rings (SSSR count). The summed E-state index contributed by atoms with van der Waals surface area (Å²) >= 11 is 0. The quantitative estimate of drug-likeness (QED) is 0.294. The van der Waals surface area contributed by atoms with Gasteiger partial charge < -0.3 is 4.74 Å². The molecule has 0 saturated heterocycles. The number of hydrogen-bond acceptors (Lipinski definition) is 2. The van der Waals surface area contributed by atoms with Gasteiger partial charge in [-0.3, -0.25) is 0 Å². The van der Waals surface area contributed by atoms with E-state index >= 15 is 0 Å². The highest BCUT2D eigenvalue weighted by molar-refractivity contribution is 5.53. The predicted molar refractivity (Wildman–Crippen MR) is 115 cm³/mol. The van der Waals surface area contributed by atoms with E-state index in [2.05, 4.69) is 36.4 Å². The third-order valence-corrected chi connectivity index (χ3v) is 5.35. The summed E-state index contributed by atoms with van der Waals surface area (Å²) in [6.45, 7) is 0. The fourth-order valence-corrected chi connectivity index (χ4v) is 4.14. The van der Waals surface area contributed by atoms with Crippen LogP contribution in [0.3, 0.4) is 0 Å². The molecule has 0 saturated carbocycles. The van der Waals surface area contributed by atoms with Gasteiger partial charge in [0.1, 0.15) is 0 Å². The lowest BCUT2D eigenvalue weighted by molar-refractivity contribution is 0.112. The van der Waals surface area contributed by atoms with Gasteiger partial charge in [0.2, 0.25) is 0 Å². The second kappa shape index (κ2) is 8.46. The predicted octanol–water partition coefficient (Wildman–Crippen LogP) is 6.26. The van der Waals surface area contributed by atoms with E-state index in [0.717, 1.165) is 22.3 Å². The van der Waals surface area contributed by atoms with E-state index in [0.29, 0.717) is 0 Å². The maximum Gasteiger partial charge on any atom is 0.287 e. The van der Waals surface area contributed by atoms with Crippen LogP contribution in [0.15, 0.2) is 121 Å². The van der Waals surface area contributed by atoms with Crippen LogP contribution in [0.4, 0.5) is 0 Å². The minimum atomic E-state index is -0.694. The molecule has 0 heterocycles. The SMILES string of the molecule is N#COC(c1ccccc1)C(c1ccccc1)(c1ccccc1)c1ccccc1. The van der Waals surface area contributed by atoms with Gasteiger partial charge >= 0.3 is 0 Å². The van der Waals surface area contributed by atoms with Crippen LogP contribution in [0.1, 0.15) is 28.4 Å². The molecule has 0 radical (unpaired) electrons. The van der Waals surface area contributed by atoms with Crippen LogP contribution in [-0.4, -0.2) is 0 Å². The van der Waals surface area contributed by atoms with Gasteiger partial charge in [-0.1, -0.05) is 121 Å². The summed E-state index contributed by atoms with van der Waals surface area (Å²) in [5, 5.41) is 9.63. The molecule has 0 aromatic heterocycles. The van der Waals surface area contributed by atoms with Crippen molar-refractivity contribution in [3.05, 3.63) is 144 Å². The van der Waals surface area contributed by atoms with Crippen LogP contribution in [-0.2, 0) is 10.2 Å². The third kappa shape index (κ3) is 3.39. The van der Waals surface area contributed by atoms with Gasteiger partial charge in [0.15, 0.2) is 6.10 Å². The first kappa shape index (κ1) is 18.5. The molecule has 0 spiro atoms. The molecule has 1 atom stereocenters. The molecule has 4 aromatic rings. The number of nitrogens with zero attached hydrogens (tertiary/aromatic N) is 1. The van der Waals surface area contributed by atoms with Crippen LogP contribution in [0.5, 0.6) is 0 Å². The van der Waals surface area contributed by atoms with Crippen molar-refractivity contribution >= 4 is 0 Å². The first-order valence-corrected chi connectivity index (χ1v) is 9.63. The van der Waals surface area contributed by atoms with Gasteiger partial charge in [-0.2, -0.15) is 5.26 Å². The van der Waals surface area contributed by atoms with E-state index in [4.69, 9.17) is 4.74 Å². The molecule has 1 unspecified atom stereocenters. The van der Waals surface area contributed by atoms with Crippen molar-refractivity contribution in [2.75, 3.05) is 0 Å². The molecule has 0 fully saturated rings. The van der Waals surface area contributed by atoms with E-state index in [1.54, 1.807) is 0 Å². The van der Waals surface area contributed by atoms with Crippen molar-refractivity contribution in [1.29, 1.82) is 5.26 Å². The molecule has 2 nitrogen and oxygen atoms in total. The third-order valence-electron chi connectivity index (χ3n) is 5.35. The molecule has 4 aromatic carbocycles. The molecule has 0 aliphatic carbocycles. The van der Waals surface area contributed by atoms with E-state index in [-0.39, 0.29) is 0 Å². The second-order valence-corrected chi connectivity index (χ2v) is 6.91. The van der Waals surface area contributed by atoms with Crippen molar-refractivity contribution in [3.63, 3.8) is 0 Å². The highest BCUT2D eigenvalue weighted by atomic mass is 16.5. The van der Waals surface area contributed by atoms with Crippen molar-refractivity contribution in [2.24, 2.45) is 0 Å². The summed E-state index contributed by atoms with van der Waals surface area (Å²) < 4.78 is 5.86. The van der Waals surface area contributed by atoms with Crippen LogP contribution in [0.2, 0.25) is 0 Å². The van der Waals surface area contributed by atoms with Crippen molar-refractivity contribution in [1.82, 2.24) is 0 Å². The summed E-state index contributed by atoms with van der Waals surface area (Å²) in [5.41, 5.74) is 3.47. The minimum Gasteiger partial charge on any atom is -0.418 e. The Morgan fingerprint density at radius 1 is 0.552 bits per heavy atom. The second-order valence-electron chi connectivity index (χ2n) is 6.91. The van der Waals surface area contributed by atoms with Crippen molar-refractivity contribution in [3.8, 4) is 6.26 Å². The number of benzene rings is 4. The smallest absolute Gasteiger partial charge is 0.287 e. The van der Waals surface area contributed by atoms with Crippen LogP contribution < -0.4 is 0 Å². The summed E-state index contributed by atoms with van der Waals surface area (Å²) in [7, 11) is 0. The molecular formula is C27H21NO. The van der Waals surface area contributed by atoms with Crippen molar-refractivity contribution < 1.29 is 4.74 Å². The Labute approximate surface area is 171 Å². The summed E-state index contributed by atoms with van der Waals surface area (Å²) in [5.74, 6) is 0. The highest BCUT2D eigenvalue weighted by Crippen LogP contribution is 2.50. The standard InChI is InChI=1S/C27H21NO/c28-21-29-26(22-13-5-1-6-14-22)27(23-15-7-2-8-16-23,24-17-9-3-10-18-24)25-19-11-4-12-20-25/h1-20,26H. The average Bonchev–Trinajstić information content (AvgIpc) is 2.82. The van der Waals surface area contributed by atoms with Gasteiger partial charge in [-0.05, 0) is 22.3 Å². The molecule has 140 valence electrons. The van der Waals surface area contributed by atoms with E-state index in [1.165, 1.54) is 0 Å². The normalized spacial score (nSPS) is 12.0. The van der Waals surface area contributed by atoms with E-state index in [1.807, 2.05) is 91.2 Å². The van der Waals surface area contributed by atoms with E-state index < -0.39 is 11.5 Å². The first-order chi connectivity index (χ1) is 14.4. The molecule has 0 aliphatic heterocycles. The molecule has 0 amide bonds. The number of hydrogen-bond donors (Lipinski definition) is 0. The lowest BCUT2D eigenvalue weighted by Crippen LogP contribution is -2.37. The highest BCUT2D eigenvalue weighted by Gasteiger charge is 2.46. The fourth-order valence-electron chi connectivity index (χ4n) is 4.14. The first-order valence-electron chi connectivity index (χ1n) is 9.63. The Hall–Kier alpha value is -3.83. The van der Waals surface area contributed by atoms with Gasteiger partial charge in [0.25, 0.3) is 6.26 Å². The maximum atomic E-state index is 9.63. The van der Waals surface area contributed by atoms with Gasteiger partial charge in [-0.15, -0.1) is 0 Å². The largest absolute Gasteiger partial charge is 0.418 e. The number of rotatable bonds is 6. The molecule has 0 bridgehead atoms. The van der Waals surface area contributed by atoms with Gasteiger partial charge in [0.05, 0.1) is 5.41 Å². The van der Waals surface area contributed by atoms with Crippen LogP contribution in [0, 0.1) is 11.5 Å². The van der Waals surface area contributed by atoms with Crippen LogP contribution in [0.25, 0.3) is 0 Å². The number of nitriles is 1. The minimum absolute atomic E-state index is 0.527. The van der Waals surface area contributed by atoms with Crippen LogP contribution >= 0.6 is 0 Å². The maximum absolute atomic E-state index is 9.63. The summed E-state index contributed by atoms with van der Waals surface area (Å²) in [6, 6.07) is 40.8. The zero-order valence-electron chi connectivity index (χ0n) is 16.0. The summed E-state index contributed by atoms with van der Waals surface area (Å²) in [6.07, 6.45) is 1.45. The Kier molecular flexibility index (Phi) is 5.40. The molecular weight excluding hydrogens is 354 g/mol. The molecule has 29 heavy (non-hydrogen) atoms. The van der Waals surface area contributed by atoms with Gasteiger partial charge in [0, 0.05) is 0 Å². The monoisotopic (exact) mass is 375 g/mol. The lowest BCUT2D eigenvalue weighted by Gasteiger charge is -2.41. The molecule has 0 aliphatic rings. The Morgan fingerprint density at radius 2 is 0.897 bits per heavy atom. The lowest BCUT2D eigenvalue weighted by atomic mass is 9.64. The summed E-state index contributed by atoms with van der Waals surface area (Å²) in [4.78, 5) is 0. The Balaban J connectivity index is 2.11. The molecule has 2 heteroatoms. The average molecular weight is 375 g/mol. The Morgan fingerprint density at radius 3 is 1.24 bits per heavy atom. The number of ether oxygens (including phenoxy) is 1. The topological polar surface area (TPSA) is 33.0 Å². The Bertz CT molecular complexity index is 974. The zero-order chi connectivity index (χ0) is 19.9. The van der Waals surface area contributed by atoms with E-state index in [9.17, 15) is 5.26 Å². The van der Waals surface area contributed by atoms with Crippen molar-refractivity contribution in [2.45, 2.75) is 11.5 Å². The fraction of sp³-hybridized carbons (Fsp3) is 0.0741. The van der Waals surface area contributed by atoms with Gasteiger partial charge in [-0.25, -0.2) is 0 Å². The molecule has 0 N–H and O–H groups in total.